The van der Waals surface area contributed by atoms with Gasteiger partial charge in [0.25, 0.3) is 0 Å². The van der Waals surface area contributed by atoms with Crippen LogP contribution in [0.2, 0.25) is 0 Å². The Bertz CT molecular complexity index is 45.6. The molecule has 1 aliphatic heterocycles. The first kappa shape index (κ1) is 3.19. The summed E-state index contributed by atoms with van der Waals surface area (Å²) in [4.78, 5) is 0. The van der Waals surface area contributed by atoms with Crippen LogP contribution >= 0.6 is 0 Å². The van der Waals surface area contributed by atoms with Gasteiger partial charge in [-0.3, -0.25) is 0 Å². The molecular weight excluding hydrogens is 131 g/mol. The van der Waals surface area contributed by atoms with Gasteiger partial charge < -0.3 is 0 Å². The molecule has 28 valence electrons. The van der Waals surface area contributed by atoms with Gasteiger partial charge in [-0.05, 0) is 0 Å². The van der Waals surface area contributed by atoms with Gasteiger partial charge >= 0.3 is 36.0 Å². The van der Waals surface area contributed by atoms with Crippen LogP contribution in [0.15, 0.2) is 5.10 Å². The molecule has 3 heteroatoms. The van der Waals surface area contributed by atoms with Crippen molar-refractivity contribution in [3.8, 4) is 0 Å². The number of nitrogens with zero attached hydrogens (tertiary/aromatic N) is 1. The first-order valence-electron chi connectivity index (χ1n) is 1.36. The van der Waals surface area contributed by atoms with Crippen molar-refractivity contribution in [2.45, 2.75) is 0 Å². The maximum absolute atomic E-state index is 3.74. The van der Waals surface area contributed by atoms with Crippen LogP contribution in [0.1, 0.15) is 0 Å². The van der Waals surface area contributed by atoms with Crippen LogP contribution in [0.25, 0.3) is 0 Å². The van der Waals surface area contributed by atoms with E-state index < -0.39 is 0 Å². The van der Waals surface area contributed by atoms with Crippen molar-refractivity contribution in [1.29, 1.82) is 0 Å². The number of rotatable bonds is 0. The second-order valence-corrected chi connectivity index (χ2v) is 2.45. The molecule has 0 atom stereocenters. The summed E-state index contributed by atoms with van der Waals surface area (Å²) in [6, 6.07) is 0. The Morgan fingerprint density at radius 3 is 3.20 bits per heavy atom. The van der Waals surface area contributed by atoms with Crippen molar-refractivity contribution >= 4 is 20.1 Å². The summed E-state index contributed by atoms with van der Waals surface area (Å²) in [5.41, 5.74) is 3.91. The van der Waals surface area contributed by atoms with Gasteiger partial charge in [-0.25, -0.2) is 0 Å². The Hall–Kier alpha value is -0.0105. The standard InChI is InChI=1S/C2H4N2Se/c1-3-4-2-5-1/h1,4H,2H2. The van der Waals surface area contributed by atoms with E-state index >= 15 is 0 Å². The van der Waals surface area contributed by atoms with E-state index in [9.17, 15) is 0 Å². The summed E-state index contributed by atoms with van der Waals surface area (Å²) in [5, 5.41) is 5.67. The SMILES string of the molecule is C1=NNC[Se]1. The zero-order valence-corrected chi connectivity index (χ0v) is 4.35. The molecule has 0 radical (unpaired) electrons. The molecule has 0 aromatic heterocycles. The van der Waals surface area contributed by atoms with E-state index in [4.69, 9.17) is 0 Å². The molecule has 0 unspecified atom stereocenters. The Labute approximate surface area is 36.8 Å². The number of nitrogens with one attached hydrogen (secondary N) is 1. The van der Waals surface area contributed by atoms with Gasteiger partial charge in [0.1, 0.15) is 0 Å². The van der Waals surface area contributed by atoms with Crippen molar-refractivity contribution < 1.29 is 0 Å². The summed E-state index contributed by atoms with van der Waals surface area (Å²) >= 11 is 0.667. The van der Waals surface area contributed by atoms with Crippen LogP contribution in [0.3, 0.4) is 0 Å². The van der Waals surface area contributed by atoms with E-state index in [1.165, 1.54) is 0 Å². The summed E-state index contributed by atoms with van der Waals surface area (Å²) in [6.07, 6.45) is 0. The molecule has 0 amide bonds. The molecule has 2 nitrogen and oxygen atoms in total. The third-order valence-electron chi connectivity index (χ3n) is 0.366. The van der Waals surface area contributed by atoms with Crippen LogP contribution in [-0.4, -0.2) is 25.5 Å². The second-order valence-electron chi connectivity index (χ2n) is 0.704. The first-order chi connectivity index (χ1) is 2.50. The average Bonchev–Trinajstić information content (AvgIpc) is 1.76. The third kappa shape index (κ3) is 0.634. The van der Waals surface area contributed by atoms with E-state index in [1.807, 2.05) is 5.11 Å². The molecule has 0 aliphatic carbocycles. The molecule has 0 aromatic carbocycles. The van der Waals surface area contributed by atoms with Gasteiger partial charge in [-0.15, -0.1) is 0 Å². The van der Waals surface area contributed by atoms with Gasteiger partial charge in [0.05, 0.1) is 0 Å². The molecule has 0 spiro atoms. The Morgan fingerprint density at radius 1 is 2.00 bits per heavy atom. The minimum atomic E-state index is 0.667. The van der Waals surface area contributed by atoms with Crippen molar-refractivity contribution in [2.24, 2.45) is 5.10 Å². The molecule has 1 rings (SSSR count). The Balaban J connectivity index is 2.32. The molecular formula is C2H4N2Se. The van der Waals surface area contributed by atoms with Crippen LogP contribution in [0.5, 0.6) is 0 Å². The van der Waals surface area contributed by atoms with Crippen LogP contribution in [0.4, 0.5) is 0 Å². The summed E-state index contributed by atoms with van der Waals surface area (Å²) < 4.78 is 0. The van der Waals surface area contributed by atoms with Gasteiger partial charge in [0.2, 0.25) is 0 Å². The zero-order chi connectivity index (χ0) is 3.54. The fraction of sp³-hybridized carbons (Fsp3) is 0.500. The van der Waals surface area contributed by atoms with Gasteiger partial charge in [-0.2, -0.15) is 0 Å². The fourth-order valence-electron chi connectivity index (χ4n) is 0.186. The first-order valence-corrected chi connectivity index (χ1v) is 3.56. The number of hydrogen-bond donors (Lipinski definition) is 1. The van der Waals surface area contributed by atoms with Crippen LogP contribution in [-0.2, 0) is 0 Å². The third-order valence-corrected chi connectivity index (χ3v) is 1.52. The van der Waals surface area contributed by atoms with Gasteiger partial charge in [-0.1, -0.05) is 0 Å². The van der Waals surface area contributed by atoms with Crippen LogP contribution < -0.4 is 5.43 Å². The van der Waals surface area contributed by atoms with Crippen molar-refractivity contribution in [2.75, 3.05) is 5.44 Å². The monoisotopic (exact) mass is 136 g/mol. The molecule has 0 fully saturated rings. The van der Waals surface area contributed by atoms with E-state index in [2.05, 4.69) is 10.5 Å². The van der Waals surface area contributed by atoms with E-state index in [0.717, 1.165) is 5.44 Å². The average molecular weight is 135 g/mol. The zero-order valence-electron chi connectivity index (χ0n) is 2.64. The second kappa shape index (κ2) is 1.43. The van der Waals surface area contributed by atoms with E-state index in [0.29, 0.717) is 15.0 Å². The van der Waals surface area contributed by atoms with Crippen LogP contribution in [0, 0.1) is 0 Å². The maximum atomic E-state index is 3.74. The minimum absolute atomic E-state index is 0.667. The molecule has 0 saturated heterocycles. The molecule has 1 N–H and O–H groups in total. The molecule has 0 bridgehead atoms. The van der Waals surface area contributed by atoms with Crippen molar-refractivity contribution in [3.05, 3.63) is 0 Å². The summed E-state index contributed by atoms with van der Waals surface area (Å²) in [5.74, 6) is 0. The van der Waals surface area contributed by atoms with Gasteiger partial charge in [0, 0.05) is 0 Å². The summed E-state index contributed by atoms with van der Waals surface area (Å²) in [6.45, 7) is 0. The van der Waals surface area contributed by atoms with Crippen molar-refractivity contribution in [1.82, 2.24) is 5.43 Å². The molecule has 0 saturated carbocycles. The Kier molecular flexibility index (Phi) is 0.914. The fourth-order valence-corrected chi connectivity index (χ4v) is 0.968. The quantitative estimate of drug-likeness (QED) is 0.432. The predicted molar refractivity (Wildman–Crippen MR) is 22.2 cm³/mol. The molecule has 5 heavy (non-hydrogen) atoms. The number of hydrazone groups is 1. The predicted octanol–water partition coefficient (Wildman–Crippen LogP) is -0.805. The van der Waals surface area contributed by atoms with Crippen molar-refractivity contribution in [3.63, 3.8) is 0 Å². The summed E-state index contributed by atoms with van der Waals surface area (Å²) in [7, 11) is 0. The molecule has 1 aliphatic rings. The van der Waals surface area contributed by atoms with E-state index in [-0.39, 0.29) is 0 Å². The molecule has 1 heterocycles. The normalized spacial score (nSPS) is 19.2. The van der Waals surface area contributed by atoms with E-state index in [1.54, 1.807) is 0 Å². The molecule has 0 aromatic rings. The van der Waals surface area contributed by atoms with Gasteiger partial charge in [0.15, 0.2) is 0 Å². The topological polar surface area (TPSA) is 24.4 Å². The number of hydrogen-bond acceptors (Lipinski definition) is 2. The Morgan fingerprint density at radius 2 is 3.00 bits per heavy atom.